The van der Waals surface area contributed by atoms with Crippen LogP contribution in [-0.4, -0.2) is 45.3 Å². The molecule has 0 spiro atoms. The summed E-state index contributed by atoms with van der Waals surface area (Å²) in [5.41, 5.74) is 3.30. The van der Waals surface area contributed by atoms with E-state index in [0.29, 0.717) is 6.04 Å². The van der Waals surface area contributed by atoms with Gasteiger partial charge in [0.05, 0.1) is 5.69 Å². The molecule has 0 saturated carbocycles. The number of fused-ring (bicyclic) bond motifs is 1. The molecule has 102 valence electrons. The van der Waals surface area contributed by atoms with Crippen LogP contribution in [0.15, 0.2) is 12.3 Å². The molecule has 0 bridgehead atoms. The first-order valence-corrected chi connectivity index (χ1v) is 6.88. The van der Waals surface area contributed by atoms with Crippen LogP contribution in [0, 0.1) is 6.92 Å². The molecule has 1 atom stereocenters. The van der Waals surface area contributed by atoms with Crippen LogP contribution in [0.25, 0.3) is 11.0 Å². The summed E-state index contributed by atoms with van der Waals surface area (Å²) in [7, 11) is 1.94. The van der Waals surface area contributed by atoms with E-state index < -0.39 is 0 Å². The molecule has 0 aromatic carbocycles. The highest BCUT2D eigenvalue weighted by atomic mass is 15.3. The SMILES string of the molecule is Cc1nn(C)c2ncc(CN3CCNCC3C)cc12. The van der Waals surface area contributed by atoms with Crippen LogP contribution in [-0.2, 0) is 13.6 Å². The van der Waals surface area contributed by atoms with Gasteiger partial charge in [-0.25, -0.2) is 4.98 Å². The van der Waals surface area contributed by atoms with Crippen molar-refractivity contribution < 1.29 is 0 Å². The zero-order chi connectivity index (χ0) is 13.4. The minimum atomic E-state index is 0.583. The molecule has 1 saturated heterocycles. The Hall–Kier alpha value is -1.46. The number of nitrogens with one attached hydrogen (secondary N) is 1. The van der Waals surface area contributed by atoms with Crippen molar-refractivity contribution in [3.05, 3.63) is 23.5 Å². The molecule has 5 heteroatoms. The van der Waals surface area contributed by atoms with Crippen molar-refractivity contribution >= 4 is 11.0 Å². The third-order valence-electron chi connectivity index (χ3n) is 3.94. The number of aromatic nitrogens is 3. The number of aryl methyl sites for hydroxylation is 2. The normalized spacial score (nSPS) is 21.1. The molecule has 1 N–H and O–H groups in total. The average molecular weight is 259 g/mol. The highest BCUT2D eigenvalue weighted by molar-refractivity contribution is 5.78. The highest BCUT2D eigenvalue weighted by Gasteiger charge is 2.18. The van der Waals surface area contributed by atoms with Gasteiger partial charge in [-0.3, -0.25) is 9.58 Å². The molecule has 2 aromatic heterocycles. The number of piperazine rings is 1. The second-order valence-corrected chi connectivity index (χ2v) is 5.45. The number of nitrogens with zero attached hydrogens (tertiary/aromatic N) is 4. The fourth-order valence-electron chi connectivity index (χ4n) is 2.79. The fourth-order valence-corrected chi connectivity index (χ4v) is 2.79. The van der Waals surface area contributed by atoms with Crippen LogP contribution in [0.1, 0.15) is 18.2 Å². The number of hydrogen-bond donors (Lipinski definition) is 1. The van der Waals surface area contributed by atoms with Gasteiger partial charge >= 0.3 is 0 Å². The predicted octanol–water partition coefficient (Wildman–Crippen LogP) is 1.07. The first kappa shape index (κ1) is 12.6. The van der Waals surface area contributed by atoms with E-state index in [1.54, 1.807) is 0 Å². The van der Waals surface area contributed by atoms with Crippen molar-refractivity contribution in [1.82, 2.24) is 25.0 Å². The number of hydrogen-bond acceptors (Lipinski definition) is 4. The molecule has 1 unspecified atom stereocenters. The van der Waals surface area contributed by atoms with Crippen molar-refractivity contribution in [2.45, 2.75) is 26.4 Å². The first-order valence-electron chi connectivity index (χ1n) is 6.88. The summed E-state index contributed by atoms with van der Waals surface area (Å²) in [5.74, 6) is 0. The van der Waals surface area contributed by atoms with Crippen LogP contribution < -0.4 is 5.32 Å². The molecular weight excluding hydrogens is 238 g/mol. The summed E-state index contributed by atoms with van der Waals surface area (Å²) in [6.07, 6.45) is 1.98. The molecule has 3 rings (SSSR count). The van der Waals surface area contributed by atoms with Crippen LogP contribution in [0.4, 0.5) is 0 Å². The van der Waals surface area contributed by atoms with E-state index in [0.717, 1.165) is 37.5 Å². The van der Waals surface area contributed by atoms with E-state index in [4.69, 9.17) is 0 Å². The molecule has 0 amide bonds. The summed E-state index contributed by atoms with van der Waals surface area (Å²) in [6.45, 7) is 8.54. The van der Waals surface area contributed by atoms with E-state index in [1.807, 2.05) is 24.9 Å². The molecule has 3 heterocycles. The Bertz CT molecular complexity index is 589. The maximum Gasteiger partial charge on any atom is 0.157 e. The summed E-state index contributed by atoms with van der Waals surface area (Å²) < 4.78 is 1.85. The summed E-state index contributed by atoms with van der Waals surface area (Å²) >= 11 is 0. The molecule has 0 radical (unpaired) electrons. The zero-order valence-electron chi connectivity index (χ0n) is 11.8. The maximum atomic E-state index is 4.55. The van der Waals surface area contributed by atoms with Crippen LogP contribution in [0.2, 0.25) is 0 Å². The van der Waals surface area contributed by atoms with Crippen LogP contribution in [0.5, 0.6) is 0 Å². The average Bonchev–Trinajstić information content (AvgIpc) is 2.68. The van der Waals surface area contributed by atoms with E-state index in [-0.39, 0.29) is 0 Å². The van der Waals surface area contributed by atoms with Gasteiger partial charge in [-0.1, -0.05) is 0 Å². The Morgan fingerprint density at radius 1 is 1.47 bits per heavy atom. The molecule has 2 aromatic rings. The smallest absolute Gasteiger partial charge is 0.157 e. The van der Waals surface area contributed by atoms with Crippen LogP contribution in [0.3, 0.4) is 0 Å². The van der Waals surface area contributed by atoms with Crippen LogP contribution >= 0.6 is 0 Å². The highest BCUT2D eigenvalue weighted by Crippen LogP contribution is 2.18. The predicted molar refractivity (Wildman–Crippen MR) is 76.0 cm³/mol. The topological polar surface area (TPSA) is 46.0 Å². The number of pyridine rings is 1. The van der Waals surface area contributed by atoms with E-state index >= 15 is 0 Å². The van der Waals surface area contributed by atoms with Gasteiger partial charge in [0.25, 0.3) is 0 Å². The third-order valence-corrected chi connectivity index (χ3v) is 3.94. The first-order chi connectivity index (χ1) is 9.15. The summed E-state index contributed by atoms with van der Waals surface area (Å²) in [6, 6.07) is 2.82. The van der Waals surface area contributed by atoms with Gasteiger partial charge in [-0.15, -0.1) is 0 Å². The molecule has 0 aliphatic carbocycles. The second-order valence-electron chi connectivity index (χ2n) is 5.45. The summed E-state index contributed by atoms with van der Waals surface area (Å²) in [4.78, 5) is 7.06. The Labute approximate surface area is 113 Å². The largest absolute Gasteiger partial charge is 0.314 e. The zero-order valence-corrected chi connectivity index (χ0v) is 11.8. The lowest BCUT2D eigenvalue weighted by atomic mass is 10.1. The summed E-state index contributed by atoms with van der Waals surface area (Å²) in [5, 5.41) is 9.01. The molecule has 1 aliphatic heterocycles. The van der Waals surface area contributed by atoms with Gasteiger partial charge in [-0.05, 0) is 25.5 Å². The van der Waals surface area contributed by atoms with Gasteiger partial charge < -0.3 is 5.32 Å². The number of rotatable bonds is 2. The van der Waals surface area contributed by atoms with E-state index in [1.165, 1.54) is 10.9 Å². The Balaban J connectivity index is 1.86. The monoisotopic (exact) mass is 259 g/mol. The van der Waals surface area contributed by atoms with Crippen molar-refractivity contribution in [1.29, 1.82) is 0 Å². The van der Waals surface area contributed by atoms with Gasteiger partial charge in [-0.2, -0.15) is 5.10 Å². The minimum Gasteiger partial charge on any atom is -0.314 e. The molecule has 5 nitrogen and oxygen atoms in total. The molecule has 1 aliphatic rings. The molecule has 1 fully saturated rings. The molecular formula is C14H21N5. The van der Waals surface area contributed by atoms with Gasteiger partial charge in [0.15, 0.2) is 5.65 Å². The fraction of sp³-hybridized carbons (Fsp3) is 0.571. The van der Waals surface area contributed by atoms with E-state index in [9.17, 15) is 0 Å². The lowest BCUT2D eigenvalue weighted by Crippen LogP contribution is -2.49. The maximum absolute atomic E-state index is 4.55. The second kappa shape index (κ2) is 4.90. The quantitative estimate of drug-likeness (QED) is 0.876. The van der Waals surface area contributed by atoms with E-state index in [2.05, 4.69) is 33.3 Å². The molecule has 19 heavy (non-hydrogen) atoms. The third kappa shape index (κ3) is 2.35. The van der Waals surface area contributed by atoms with Gasteiger partial charge in [0.1, 0.15) is 0 Å². The van der Waals surface area contributed by atoms with Crippen molar-refractivity contribution in [3.8, 4) is 0 Å². The van der Waals surface area contributed by atoms with Gasteiger partial charge in [0.2, 0.25) is 0 Å². The Kier molecular flexibility index (Phi) is 3.24. The Morgan fingerprint density at radius 3 is 3.11 bits per heavy atom. The Morgan fingerprint density at radius 2 is 2.32 bits per heavy atom. The lowest BCUT2D eigenvalue weighted by Gasteiger charge is -2.33. The minimum absolute atomic E-state index is 0.583. The van der Waals surface area contributed by atoms with Crippen molar-refractivity contribution in [3.63, 3.8) is 0 Å². The van der Waals surface area contributed by atoms with Gasteiger partial charge in [0, 0.05) is 50.9 Å². The van der Waals surface area contributed by atoms with Crippen molar-refractivity contribution in [2.24, 2.45) is 7.05 Å². The van der Waals surface area contributed by atoms with Crippen molar-refractivity contribution in [2.75, 3.05) is 19.6 Å². The standard InChI is InChI=1S/C14H21N5/c1-10-7-15-4-5-19(10)9-12-6-13-11(2)17-18(3)14(13)16-8-12/h6,8,10,15H,4-5,7,9H2,1-3H3. The lowest BCUT2D eigenvalue weighted by molar-refractivity contribution is 0.165.